The minimum absolute atomic E-state index is 0.767. The Bertz CT molecular complexity index is 24.7. The zero-order valence-corrected chi connectivity index (χ0v) is 7.93. The molecule has 0 amide bonds. The summed E-state index contributed by atoms with van der Waals surface area (Å²) in [5, 5.41) is 0. The molecule has 1 unspecified atom stereocenters. The van der Waals surface area contributed by atoms with Gasteiger partial charge in [0.2, 0.25) is 0 Å². The second-order valence-electron chi connectivity index (χ2n) is 1.00. The maximum absolute atomic E-state index is 2.41. The Morgan fingerprint density at radius 2 is 2.33 bits per heavy atom. The lowest BCUT2D eigenvalue weighted by molar-refractivity contribution is 1.20. The molecule has 0 fully saturated rings. The van der Waals surface area contributed by atoms with Crippen LogP contribution in [-0.2, 0) is 0 Å². The van der Waals surface area contributed by atoms with Crippen LogP contribution in [0, 0.1) is 6.42 Å². The highest BCUT2D eigenvalue weighted by molar-refractivity contribution is 14.1. The van der Waals surface area contributed by atoms with E-state index in [4.69, 9.17) is 0 Å². The highest BCUT2D eigenvalue weighted by Crippen LogP contribution is 2.06. The molecule has 2 heteroatoms. The molecule has 0 aliphatic carbocycles. The number of rotatable bonds is 2. The average Bonchev–Trinajstić information content (AvgIpc) is 1.65. The molecule has 0 heterocycles. The van der Waals surface area contributed by atoms with Crippen molar-refractivity contribution in [2.75, 3.05) is 4.43 Å². The predicted octanol–water partition coefficient (Wildman–Crippen LogP) is 2.45. The largest absolute Gasteiger partial charge is 0.0852 e. The molecule has 37 valence electrons. The van der Waals surface area contributed by atoms with Crippen molar-refractivity contribution in [3.8, 4) is 0 Å². The molecule has 0 bridgehead atoms. The van der Waals surface area contributed by atoms with Crippen LogP contribution >= 0.6 is 45.2 Å². The quantitative estimate of drug-likeness (QED) is 0.543. The third kappa shape index (κ3) is 3.64. The van der Waals surface area contributed by atoms with E-state index in [0.717, 1.165) is 3.92 Å². The van der Waals surface area contributed by atoms with Crippen LogP contribution in [-0.4, -0.2) is 8.35 Å². The molecule has 0 saturated heterocycles. The maximum atomic E-state index is 2.41. The summed E-state index contributed by atoms with van der Waals surface area (Å²) in [6.45, 7) is 2.09. The molecule has 0 rings (SSSR count). The van der Waals surface area contributed by atoms with Gasteiger partial charge in [-0.05, 0) is 6.42 Å². The number of hydrogen-bond donors (Lipinski definition) is 0. The van der Waals surface area contributed by atoms with Crippen molar-refractivity contribution in [1.29, 1.82) is 0 Å². The molecule has 0 aliphatic rings. The second-order valence-corrected chi connectivity index (χ2v) is 3.48. The van der Waals surface area contributed by atoms with E-state index < -0.39 is 0 Å². The Morgan fingerprint density at radius 3 is 2.33 bits per heavy atom. The fraction of sp³-hybridized carbons (Fsp3) is 0.750. The summed E-state index contributed by atoms with van der Waals surface area (Å²) in [4.78, 5) is 0. The van der Waals surface area contributed by atoms with Crippen molar-refractivity contribution in [1.82, 2.24) is 0 Å². The van der Waals surface area contributed by atoms with E-state index in [9.17, 15) is 0 Å². The molecule has 6 heavy (non-hydrogen) atoms. The summed E-state index contributed by atoms with van der Waals surface area (Å²) in [5.41, 5.74) is 0. The smallest absolute Gasteiger partial charge is 0.0228 e. The summed E-state index contributed by atoms with van der Waals surface area (Å²) < 4.78 is 2.00. The average molecular weight is 309 g/mol. The summed E-state index contributed by atoms with van der Waals surface area (Å²) >= 11 is 4.78. The Hall–Kier alpha value is 1.46. The molecule has 0 aliphatic heterocycles. The molecule has 0 nitrogen and oxygen atoms in total. The summed E-state index contributed by atoms with van der Waals surface area (Å²) in [5.74, 6) is 0. The van der Waals surface area contributed by atoms with Crippen LogP contribution in [0.1, 0.15) is 6.92 Å². The summed E-state index contributed by atoms with van der Waals surface area (Å²) in [7, 11) is 0. The first-order valence-electron chi connectivity index (χ1n) is 1.80. The second kappa shape index (κ2) is 4.61. The Labute approximate surface area is 66.4 Å². The Kier molecular flexibility index (Phi) is 5.74. The topological polar surface area (TPSA) is 0 Å². The van der Waals surface area contributed by atoms with Crippen LogP contribution in [0.25, 0.3) is 0 Å². The maximum Gasteiger partial charge on any atom is 0.0228 e. The van der Waals surface area contributed by atoms with Gasteiger partial charge in [-0.15, -0.1) is 0 Å². The molecule has 1 radical (unpaired) electrons. The molecule has 0 N–H and O–H groups in total. The molecule has 0 saturated carbocycles. The van der Waals surface area contributed by atoms with Crippen molar-refractivity contribution in [2.45, 2.75) is 10.8 Å². The number of halogens is 2. The lowest BCUT2D eigenvalue weighted by Crippen LogP contribution is -1.94. The van der Waals surface area contributed by atoms with Crippen molar-refractivity contribution in [3.63, 3.8) is 0 Å². The van der Waals surface area contributed by atoms with Gasteiger partial charge in [0.15, 0.2) is 0 Å². The van der Waals surface area contributed by atoms with Crippen LogP contribution in [0.4, 0.5) is 0 Å². The molecular weight excluding hydrogens is 302 g/mol. The molecule has 0 aromatic heterocycles. The first kappa shape index (κ1) is 7.46. The molecule has 0 aromatic rings. The van der Waals surface area contributed by atoms with Gasteiger partial charge in [0, 0.05) is 8.35 Å². The zero-order chi connectivity index (χ0) is 4.99. The highest BCUT2D eigenvalue weighted by atomic mass is 127. The predicted molar refractivity (Wildman–Crippen MR) is 46.7 cm³/mol. The normalized spacial score (nSPS) is 14.5. The fourth-order valence-corrected chi connectivity index (χ4v) is 0.598. The Morgan fingerprint density at radius 1 is 1.83 bits per heavy atom. The van der Waals surface area contributed by atoms with Crippen LogP contribution in [0.5, 0.6) is 0 Å². The van der Waals surface area contributed by atoms with E-state index in [2.05, 4.69) is 58.5 Å². The van der Waals surface area contributed by atoms with Gasteiger partial charge in [-0.3, -0.25) is 0 Å². The van der Waals surface area contributed by atoms with Gasteiger partial charge < -0.3 is 0 Å². The molecule has 0 aromatic carbocycles. The van der Waals surface area contributed by atoms with Gasteiger partial charge in [0.1, 0.15) is 0 Å². The monoisotopic (exact) mass is 309 g/mol. The van der Waals surface area contributed by atoms with Crippen LogP contribution in [0.3, 0.4) is 0 Å². The number of hydrogen-bond acceptors (Lipinski definition) is 0. The summed E-state index contributed by atoms with van der Waals surface area (Å²) in [6.07, 6.45) is 2.20. The molecule has 1 atom stereocenters. The SMILES string of the molecule is C[CH]C(I)CI. The van der Waals surface area contributed by atoms with Crippen molar-refractivity contribution >= 4 is 45.2 Å². The van der Waals surface area contributed by atoms with E-state index in [1.165, 1.54) is 4.43 Å². The van der Waals surface area contributed by atoms with E-state index in [1.54, 1.807) is 0 Å². The minimum atomic E-state index is 0.767. The van der Waals surface area contributed by atoms with E-state index in [1.807, 2.05) is 0 Å². The summed E-state index contributed by atoms with van der Waals surface area (Å²) in [6, 6.07) is 0. The first-order valence-corrected chi connectivity index (χ1v) is 4.58. The van der Waals surface area contributed by atoms with Gasteiger partial charge in [0.25, 0.3) is 0 Å². The minimum Gasteiger partial charge on any atom is -0.0852 e. The lowest BCUT2D eigenvalue weighted by Gasteiger charge is -1.94. The van der Waals surface area contributed by atoms with E-state index in [0.29, 0.717) is 0 Å². The third-order valence-electron chi connectivity index (χ3n) is 0.509. The van der Waals surface area contributed by atoms with E-state index in [-0.39, 0.29) is 0 Å². The highest BCUT2D eigenvalue weighted by Gasteiger charge is 1.92. The first-order chi connectivity index (χ1) is 2.81. The van der Waals surface area contributed by atoms with Crippen LogP contribution in [0.2, 0.25) is 0 Å². The fourth-order valence-electron chi connectivity index (χ4n) is 0.0891. The molecular formula is C4H7I2. The Balaban J connectivity index is 2.75. The lowest BCUT2D eigenvalue weighted by atomic mass is 10.4. The zero-order valence-electron chi connectivity index (χ0n) is 3.62. The van der Waals surface area contributed by atoms with Gasteiger partial charge >= 0.3 is 0 Å². The van der Waals surface area contributed by atoms with Crippen molar-refractivity contribution in [3.05, 3.63) is 6.42 Å². The van der Waals surface area contributed by atoms with Gasteiger partial charge in [-0.25, -0.2) is 0 Å². The third-order valence-corrected chi connectivity index (χ3v) is 4.30. The van der Waals surface area contributed by atoms with Gasteiger partial charge in [-0.2, -0.15) is 0 Å². The number of alkyl halides is 2. The van der Waals surface area contributed by atoms with Crippen molar-refractivity contribution < 1.29 is 0 Å². The van der Waals surface area contributed by atoms with Crippen LogP contribution < -0.4 is 0 Å². The van der Waals surface area contributed by atoms with Gasteiger partial charge in [0.05, 0.1) is 0 Å². The molecule has 0 spiro atoms. The van der Waals surface area contributed by atoms with E-state index >= 15 is 0 Å². The van der Waals surface area contributed by atoms with Crippen LogP contribution in [0.15, 0.2) is 0 Å². The van der Waals surface area contributed by atoms with Crippen molar-refractivity contribution in [2.24, 2.45) is 0 Å². The standard InChI is InChI=1S/C4H7I2/c1-2-4(6)3-5/h2,4H,3H2,1H3. The van der Waals surface area contributed by atoms with Gasteiger partial charge in [-0.1, -0.05) is 52.1 Å².